The van der Waals surface area contributed by atoms with Gasteiger partial charge in [0.1, 0.15) is 0 Å². The second-order valence-electron chi connectivity index (χ2n) is 4.13. The van der Waals surface area contributed by atoms with Crippen molar-refractivity contribution in [2.24, 2.45) is 0 Å². The highest BCUT2D eigenvalue weighted by Gasteiger charge is 2.00. The number of benzene rings is 1. The van der Waals surface area contributed by atoms with Crippen molar-refractivity contribution in [1.82, 2.24) is 4.98 Å². The van der Waals surface area contributed by atoms with E-state index in [2.05, 4.69) is 39.9 Å². The van der Waals surface area contributed by atoms with E-state index in [4.69, 9.17) is 0 Å². The van der Waals surface area contributed by atoms with E-state index in [-0.39, 0.29) is 0 Å². The Bertz CT molecular complexity index is 627. The Labute approximate surface area is 110 Å². The molecule has 0 radical (unpaired) electrons. The largest absolute Gasteiger partial charge is 0.384 e. The Morgan fingerprint density at radius 3 is 2.89 bits per heavy atom. The molecular weight excluding hydrogens is 240 g/mol. The van der Waals surface area contributed by atoms with Crippen molar-refractivity contribution in [2.45, 2.75) is 6.42 Å². The van der Waals surface area contributed by atoms with Gasteiger partial charge in [-0.05, 0) is 30.0 Å². The molecule has 0 atom stereocenters. The zero-order valence-corrected chi connectivity index (χ0v) is 10.8. The molecule has 2 aromatic heterocycles. The van der Waals surface area contributed by atoms with Crippen molar-refractivity contribution in [3.8, 4) is 0 Å². The molecule has 0 aliphatic carbocycles. The number of pyridine rings is 1. The van der Waals surface area contributed by atoms with Crippen LogP contribution in [0.15, 0.2) is 54.0 Å². The Balaban J connectivity index is 1.74. The average molecular weight is 254 g/mol. The number of nitrogens with one attached hydrogen (secondary N) is 1. The van der Waals surface area contributed by atoms with E-state index >= 15 is 0 Å². The van der Waals surface area contributed by atoms with Gasteiger partial charge in [0.15, 0.2) is 0 Å². The predicted octanol–water partition coefficient (Wildman–Crippen LogP) is 3.95. The number of nitrogens with zero attached hydrogens (tertiary/aromatic N) is 1. The van der Waals surface area contributed by atoms with Crippen LogP contribution >= 0.6 is 11.3 Å². The Hall–Kier alpha value is -1.87. The maximum atomic E-state index is 4.36. The van der Waals surface area contributed by atoms with Crippen molar-refractivity contribution in [3.63, 3.8) is 0 Å². The second-order valence-corrected chi connectivity index (χ2v) is 5.16. The summed E-state index contributed by atoms with van der Waals surface area (Å²) in [6.45, 7) is 0.953. The number of para-hydroxylation sites is 1. The van der Waals surface area contributed by atoms with Crippen LogP contribution < -0.4 is 5.32 Å². The standard InChI is InChI=1S/C15H14N2S/c1-2-6-14-13(5-1)15(8-10-17-14)16-9-7-12-4-3-11-18-12/h1-6,8,10-11H,7,9H2,(H,16,17). The minimum Gasteiger partial charge on any atom is -0.384 e. The molecule has 1 aromatic carbocycles. The molecule has 0 amide bonds. The number of aromatic nitrogens is 1. The molecule has 1 N–H and O–H groups in total. The molecule has 18 heavy (non-hydrogen) atoms. The maximum absolute atomic E-state index is 4.36. The second kappa shape index (κ2) is 5.19. The third-order valence-corrected chi connectivity index (χ3v) is 3.85. The van der Waals surface area contributed by atoms with Crippen molar-refractivity contribution in [2.75, 3.05) is 11.9 Å². The highest BCUT2D eigenvalue weighted by molar-refractivity contribution is 7.09. The molecule has 0 fully saturated rings. The topological polar surface area (TPSA) is 24.9 Å². The van der Waals surface area contributed by atoms with Gasteiger partial charge in [-0.3, -0.25) is 4.98 Å². The molecule has 0 aliphatic heterocycles. The van der Waals surface area contributed by atoms with Gasteiger partial charge < -0.3 is 5.32 Å². The molecule has 2 nitrogen and oxygen atoms in total. The van der Waals surface area contributed by atoms with Gasteiger partial charge in [0.2, 0.25) is 0 Å². The first-order valence-electron chi connectivity index (χ1n) is 6.03. The molecular formula is C15H14N2S. The van der Waals surface area contributed by atoms with Gasteiger partial charge in [0, 0.05) is 28.7 Å². The first-order valence-corrected chi connectivity index (χ1v) is 6.91. The lowest BCUT2D eigenvalue weighted by Gasteiger charge is -2.08. The van der Waals surface area contributed by atoms with Gasteiger partial charge in [-0.25, -0.2) is 0 Å². The minimum absolute atomic E-state index is 0.953. The van der Waals surface area contributed by atoms with Gasteiger partial charge in [-0.15, -0.1) is 11.3 Å². The summed E-state index contributed by atoms with van der Waals surface area (Å²) in [6.07, 6.45) is 2.92. The molecule has 0 saturated heterocycles. The lowest BCUT2D eigenvalue weighted by Crippen LogP contribution is -2.04. The molecule has 90 valence electrons. The summed E-state index contributed by atoms with van der Waals surface area (Å²) in [6, 6.07) is 14.5. The highest BCUT2D eigenvalue weighted by atomic mass is 32.1. The Morgan fingerprint density at radius 2 is 2.00 bits per heavy atom. The van der Waals surface area contributed by atoms with E-state index < -0.39 is 0 Å². The number of rotatable bonds is 4. The van der Waals surface area contributed by atoms with E-state index in [0.29, 0.717) is 0 Å². The fraction of sp³-hybridized carbons (Fsp3) is 0.133. The van der Waals surface area contributed by atoms with Crippen LogP contribution in [0.3, 0.4) is 0 Å². The van der Waals surface area contributed by atoms with Crippen LogP contribution in [0.4, 0.5) is 5.69 Å². The zero-order chi connectivity index (χ0) is 12.2. The fourth-order valence-corrected chi connectivity index (χ4v) is 2.73. The van der Waals surface area contributed by atoms with Crippen molar-refractivity contribution in [3.05, 3.63) is 58.9 Å². The SMILES string of the molecule is c1csc(CCNc2ccnc3ccccc23)c1. The van der Waals surface area contributed by atoms with Crippen LogP contribution in [0.5, 0.6) is 0 Å². The Morgan fingerprint density at radius 1 is 1.06 bits per heavy atom. The summed E-state index contributed by atoms with van der Waals surface area (Å²) in [7, 11) is 0. The molecule has 0 aliphatic rings. The van der Waals surface area contributed by atoms with Gasteiger partial charge in [-0.1, -0.05) is 24.3 Å². The molecule has 3 aromatic rings. The lowest BCUT2D eigenvalue weighted by atomic mass is 10.2. The third-order valence-electron chi connectivity index (χ3n) is 2.92. The Kier molecular flexibility index (Phi) is 3.24. The van der Waals surface area contributed by atoms with Crippen LogP contribution in [0, 0.1) is 0 Å². The summed E-state index contributed by atoms with van der Waals surface area (Å²) in [5.41, 5.74) is 2.20. The van der Waals surface area contributed by atoms with Crippen molar-refractivity contribution < 1.29 is 0 Å². The van der Waals surface area contributed by atoms with E-state index in [1.54, 1.807) is 0 Å². The number of anilines is 1. The van der Waals surface area contributed by atoms with Gasteiger partial charge in [0.05, 0.1) is 5.52 Å². The summed E-state index contributed by atoms with van der Waals surface area (Å²) >= 11 is 1.81. The molecule has 0 spiro atoms. The third kappa shape index (κ3) is 2.36. The average Bonchev–Trinajstić information content (AvgIpc) is 2.92. The molecule has 0 unspecified atom stereocenters. The maximum Gasteiger partial charge on any atom is 0.0722 e. The quantitative estimate of drug-likeness (QED) is 0.762. The monoisotopic (exact) mass is 254 g/mol. The predicted molar refractivity (Wildman–Crippen MR) is 78.3 cm³/mol. The first-order chi connectivity index (χ1) is 8.93. The molecule has 3 heteroatoms. The van der Waals surface area contributed by atoms with Crippen LogP contribution in [-0.4, -0.2) is 11.5 Å². The number of fused-ring (bicyclic) bond motifs is 1. The summed E-state index contributed by atoms with van der Waals surface area (Å²) in [4.78, 5) is 5.78. The van der Waals surface area contributed by atoms with E-state index in [9.17, 15) is 0 Å². The first kappa shape index (κ1) is 11.2. The van der Waals surface area contributed by atoms with Gasteiger partial charge in [-0.2, -0.15) is 0 Å². The fourth-order valence-electron chi connectivity index (χ4n) is 2.03. The van der Waals surface area contributed by atoms with Crippen LogP contribution in [-0.2, 0) is 6.42 Å². The molecule has 2 heterocycles. The zero-order valence-electron chi connectivity index (χ0n) is 9.97. The number of hydrogen-bond donors (Lipinski definition) is 1. The normalized spacial score (nSPS) is 10.7. The van der Waals surface area contributed by atoms with Crippen molar-refractivity contribution >= 4 is 27.9 Å². The number of thiophene rings is 1. The van der Waals surface area contributed by atoms with Gasteiger partial charge in [0.25, 0.3) is 0 Å². The van der Waals surface area contributed by atoms with Crippen LogP contribution in [0.1, 0.15) is 4.88 Å². The van der Waals surface area contributed by atoms with Crippen LogP contribution in [0.25, 0.3) is 10.9 Å². The smallest absolute Gasteiger partial charge is 0.0722 e. The lowest BCUT2D eigenvalue weighted by molar-refractivity contribution is 1.05. The van der Waals surface area contributed by atoms with Crippen LogP contribution in [0.2, 0.25) is 0 Å². The summed E-state index contributed by atoms with van der Waals surface area (Å²) in [5.74, 6) is 0. The molecule has 3 rings (SSSR count). The highest BCUT2D eigenvalue weighted by Crippen LogP contribution is 2.21. The van der Waals surface area contributed by atoms with Crippen molar-refractivity contribution in [1.29, 1.82) is 0 Å². The minimum atomic E-state index is 0.953. The van der Waals surface area contributed by atoms with E-state index in [1.165, 1.54) is 10.3 Å². The summed E-state index contributed by atoms with van der Waals surface area (Å²) in [5, 5.41) is 6.80. The number of hydrogen-bond acceptors (Lipinski definition) is 3. The summed E-state index contributed by atoms with van der Waals surface area (Å²) < 4.78 is 0. The van der Waals surface area contributed by atoms with E-state index in [1.807, 2.05) is 35.7 Å². The molecule has 0 bridgehead atoms. The van der Waals surface area contributed by atoms with Gasteiger partial charge >= 0.3 is 0 Å². The molecule has 0 saturated carbocycles. The van der Waals surface area contributed by atoms with E-state index in [0.717, 1.165) is 24.2 Å².